The fraction of sp³-hybridized carbons (Fsp3) is 0.310. The molecule has 1 atom stereocenters. The molecule has 0 aliphatic carbocycles. The number of benzene rings is 3. The number of nitrogens with zero attached hydrogens (tertiary/aromatic N) is 1. The maximum atomic E-state index is 13.1. The second-order valence-electron chi connectivity index (χ2n) is 9.31. The summed E-state index contributed by atoms with van der Waals surface area (Å²) in [4.78, 5) is 25.8. The quantitative estimate of drug-likeness (QED) is 0.272. The third kappa shape index (κ3) is 6.17. The molecule has 1 fully saturated rings. The number of carbonyl (C=O) groups excluding carboxylic acids is 2. The van der Waals surface area contributed by atoms with Crippen LogP contribution in [-0.2, 0) is 16.0 Å². The van der Waals surface area contributed by atoms with Crippen LogP contribution in [0.5, 0.6) is 0 Å². The fourth-order valence-corrected chi connectivity index (χ4v) is 4.61. The number of esters is 1. The Kier molecular flexibility index (Phi) is 7.36. The van der Waals surface area contributed by atoms with E-state index in [1.54, 1.807) is 0 Å². The first-order chi connectivity index (χ1) is 16.0. The van der Waals surface area contributed by atoms with Crippen molar-refractivity contribution >= 4 is 11.8 Å². The Balaban J connectivity index is 1.37. The lowest BCUT2D eigenvalue weighted by atomic mass is 9.94. The van der Waals surface area contributed by atoms with Crippen LogP contribution in [0.4, 0.5) is 0 Å². The normalized spacial score (nSPS) is 21.2. The number of piperidine rings is 1. The van der Waals surface area contributed by atoms with Gasteiger partial charge in [-0.2, -0.15) is 0 Å². The van der Waals surface area contributed by atoms with Crippen LogP contribution >= 0.6 is 0 Å². The number of ether oxygens (including phenoxy) is 1. The van der Waals surface area contributed by atoms with Crippen molar-refractivity contribution in [2.24, 2.45) is 5.92 Å². The van der Waals surface area contributed by atoms with Gasteiger partial charge in [0.25, 0.3) is 0 Å². The van der Waals surface area contributed by atoms with E-state index in [-0.39, 0.29) is 23.8 Å². The van der Waals surface area contributed by atoms with Crippen LogP contribution in [0, 0.1) is 5.92 Å². The van der Waals surface area contributed by atoms with E-state index in [2.05, 4.69) is 19.2 Å². The molecule has 0 radical (unpaired) electrons. The Morgan fingerprint density at radius 2 is 1.39 bits per heavy atom. The highest BCUT2D eigenvalue weighted by Gasteiger charge is 2.36. The van der Waals surface area contributed by atoms with Gasteiger partial charge in [-0.05, 0) is 11.1 Å². The first-order valence-electron chi connectivity index (χ1n) is 11.7. The lowest BCUT2D eigenvalue weighted by Gasteiger charge is -2.39. The summed E-state index contributed by atoms with van der Waals surface area (Å²) in [5, 5.41) is 0. The number of carbonyl (C=O) groups is 2. The molecule has 0 amide bonds. The molecule has 3 aromatic carbocycles. The van der Waals surface area contributed by atoms with Crippen LogP contribution in [-0.4, -0.2) is 42.9 Å². The number of ketones is 1. The molecular formula is C29H32NO3+. The Morgan fingerprint density at radius 1 is 0.848 bits per heavy atom. The molecule has 1 saturated heterocycles. The van der Waals surface area contributed by atoms with Gasteiger partial charge in [0, 0.05) is 24.8 Å². The molecule has 3 aromatic rings. The number of likely N-dealkylation sites (tertiary alicyclic amines) is 1. The minimum atomic E-state index is -0.302. The highest BCUT2D eigenvalue weighted by atomic mass is 16.5. The lowest BCUT2D eigenvalue weighted by molar-refractivity contribution is -0.906. The summed E-state index contributed by atoms with van der Waals surface area (Å²) >= 11 is 0. The van der Waals surface area contributed by atoms with E-state index in [1.165, 1.54) is 0 Å². The van der Waals surface area contributed by atoms with Gasteiger partial charge in [-0.3, -0.25) is 9.59 Å². The van der Waals surface area contributed by atoms with E-state index in [9.17, 15) is 9.59 Å². The molecule has 1 aliphatic rings. The summed E-state index contributed by atoms with van der Waals surface area (Å²) < 4.78 is 6.76. The summed E-state index contributed by atoms with van der Waals surface area (Å²) in [6.07, 6.45) is 1.83. The smallest absolute Gasteiger partial charge is 0.310 e. The minimum Gasteiger partial charge on any atom is -0.457 e. The zero-order chi connectivity index (χ0) is 23.1. The topological polar surface area (TPSA) is 43.4 Å². The van der Waals surface area contributed by atoms with E-state index in [0.717, 1.165) is 42.6 Å². The summed E-state index contributed by atoms with van der Waals surface area (Å²) in [5.74, 6) is -0.0865. The van der Waals surface area contributed by atoms with Gasteiger partial charge in [0.05, 0.1) is 26.1 Å². The van der Waals surface area contributed by atoms with Crippen molar-refractivity contribution in [1.29, 1.82) is 0 Å². The van der Waals surface area contributed by atoms with Crippen LogP contribution in [0.15, 0.2) is 91.0 Å². The average molecular weight is 443 g/mol. The summed E-state index contributed by atoms with van der Waals surface area (Å²) in [5.41, 5.74) is 2.91. The Bertz CT molecular complexity index is 1040. The average Bonchev–Trinajstić information content (AvgIpc) is 2.85. The molecule has 0 saturated carbocycles. The van der Waals surface area contributed by atoms with Crippen molar-refractivity contribution in [1.82, 2.24) is 0 Å². The second-order valence-corrected chi connectivity index (χ2v) is 9.31. The maximum Gasteiger partial charge on any atom is 0.310 e. The summed E-state index contributed by atoms with van der Waals surface area (Å²) in [7, 11) is 2.12. The van der Waals surface area contributed by atoms with Crippen LogP contribution in [0.1, 0.15) is 40.4 Å². The van der Waals surface area contributed by atoms with Crippen molar-refractivity contribution in [2.45, 2.75) is 25.4 Å². The number of hydrogen-bond acceptors (Lipinski definition) is 3. The van der Waals surface area contributed by atoms with Crippen LogP contribution in [0.3, 0.4) is 0 Å². The standard InChI is InChI=1S/C29H32NO3/c1-30(22-27(31)24-13-7-3-8-14-24)19-17-26(18-20-30)29(32)33-28(25-15-9-4-10-16-25)21-23-11-5-2-6-12-23/h2-16,26,28H,17-22H2,1H3/q+1/t26-,28?,30+. The summed E-state index contributed by atoms with van der Waals surface area (Å²) in [6.45, 7) is 2.06. The largest absolute Gasteiger partial charge is 0.457 e. The van der Waals surface area contributed by atoms with Gasteiger partial charge in [0.15, 0.2) is 0 Å². The molecule has 4 nitrogen and oxygen atoms in total. The molecule has 170 valence electrons. The highest BCUT2D eigenvalue weighted by Crippen LogP contribution is 2.28. The molecule has 4 rings (SSSR count). The van der Waals surface area contributed by atoms with Crippen molar-refractivity contribution in [2.75, 3.05) is 26.7 Å². The number of Topliss-reactive ketones (excluding diaryl/α,β-unsaturated/α-hetero) is 1. The molecule has 1 heterocycles. The fourth-order valence-electron chi connectivity index (χ4n) is 4.61. The van der Waals surface area contributed by atoms with Crippen LogP contribution < -0.4 is 0 Å². The van der Waals surface area contributed by atoms with E-state index >= 15 is 0 Å². The molecule has 33 heavy (non-hydrogen) atoms. The van der Waals surface area contributed by atoms with Crippen molar-refractivity contribution in [3.63, 3.8) is 0 Å². The predicted molar refractivity (Wildman–Crippen MR) is 130 cm³/mol. The number of rotatable bonds is 8. The van der Waals surface area contributed by atoms with Crippen LogP contribution in [0.25, 0.3) is 0 Å². The SMILES string of the molecule is C[N@+]1(CC(=O)c2ccccc2)CC[C@@H](C(=O)OC(Cc2ccccc2)c2ccccc2)CC1. The van der Waals surface area contributed by atoms with Gasteiger partial charge >= 0.3 is 5.97 Å². The molecule has 0 bridgehead atoms. The van der Waals surface area contributed by atoms with Gasteiger partial charge < -0.3 is 9.22 Å². The number of hydrogen-bond donors (Lipinski definition) is 0. The summed E-state index contributed by atoms with van der Waals surface area (Å²) in [6, 6.07) is 29.6. The molecule has 1 unspecified atom stereocenters. The van der Waals surface area contributed by atoms with Crippen molar-refractivity contribution in [3.05, 3.63) is 108 Å². The van der Waals surface area contributed by atoms with E-state index in [4.69, 9.17) is 4.74 Å². The van der Waals surface area contributed by atoms with E-state index in [0.29, 0.717) is 17.4 Å². The number of quaternary nitrogens is 1. The van der Waals surface area contributed by atoms with Gasteiger partial charge in [0.2, 0.25) is 5.78 Å². The third-order valence-corrected chi connectivity index (χ3v) is 6.68. The van der Waals surface area contributed by atoms with Crippen molar-refractivity contribution < 1.29 is 18.8 Å². The zero-order valence-electron chi connectivity index (χ0n) is 19.2. The molecule has 0 N–H and O–H groups in total. The molecule has 0 aromatic heterocycles. The van der Waals surface area contributed by atoms with Gasteiger partial charge in [-0.25, -0.2) is 0 Å². The Hall–Kier alpha value is -3.24. The van der Waals surface area contributed by atoms with Crippen LogP contribution in [0.2, 0.25) is 0 Å². The molecule has 1 aliphatic heterocycles. The van der Waals surface area contributed by atoms with E-state index in [1.807, 2.05) is 78.9 Å². The maximum absolute atomic E-state index is 13.1. The monoisotopic (exact) mass is 442 g/mol. The van der Waals surface area contributed by atoms with Gasteiger partial charge in [-0.1, -0.05) is 91.0 Å². The third-order valence-electron chi connectivity index (χ3n) is 6.68. The zero-order valence-corrected chi connectivity index (χ0v) is 19.2. The number of likely N-dealkylation sites (N-methyl/N-ethyl adjacent to an activating group) is 1. The molecule has 4 heteroatoms. The highest BCUT2D eigenvalue weighted by molar-refractivity contribution is 5.96. The molecular weight excluding hydrogens is 410 g/mol. The van der Waals surface area contributed by atoms with Gasteiger partial charge in [0.1, 0.15) is 12.6 Å². The van der Waals surface area contributed by atoms with E-state index < -0.39 is 0 Å². The van der Waals surface area contributed by atoms with Gasteiger partial charge in [-0.15, -0.1) is 0 Å². The second kappa shape index (κ2) is 10.6. The Morgan fingerprint density at radius 3 is 2.00 bits per heavy atom. The predicted octanol–water partition coefficient (Wildman–Crippen LogP) is 5.25. The minimum absolute atomic E-state index is 0.120. The lowest BCUT2D eigenvalue weighted by Crippen LogP contribution is -2.53. The Labute approximate surface area is 196 Å². The molecule has 0 spiro atoms. The van der Waals surface area contributed by atoms with Crippen molar-refractivity contribution in [3.8, 4) is 0 Å². The first-order valence-corrected chi connectivity index (χ1v) is 11.7. The first kappa shape index (κ1) is 22.9.